The zero-order chi connectivity index (χ0) is 14.3. The van der Waals surface area contributed by atoms with Crippen molar-refractivity contribution in [2.45, 2.75) is 25.0 Å². The molecule has 0 fully saturated rings. The molecule has 0 aromatic carbocycles. The summed E-state index contributed by atoms with van der Waals surface area (Å²) in [5.41, 5.74) is 5.17. The van der Waals surface area contributed by atoms with Gasteiger partial charge in [0.2, 0.25) is 0 Å². The highest BCUT2D eigenvalue weighted by Crippen LogP contribution is 2.06. The highest BCUT2D eigenvalue weighted by Gasteiger charge is 2.23. The molecule has 7 nitrogen and oxygen atoms in total. The molecular formula is C11H22N2O5. The van der Waals surface area contributed by atoms with Gasteiger partial charge in [0.15, 0.2) is 6.10 Å². The van der Waals surface area contributed by atoms with E-state index in [1.807, 2.05) is 21.1 Å². The molecule has 2 unspecified atom stereocenters. The third-order valence-corrected chi connectivity index (χ3v) is 2.12. The van der Waals surface area contributed by atoms with E-state index in [1.165, 1.54) is 0 Å². The molecule has 3 N–H and O–H groups in total. The first-order valence-electron chi connectivity index (χ1n) is 5.72. The Balaban J connectivity index is 4.40. The van der Waals surface area contributed by atoms with Crippen molar-refractivity contribution in [2.75, 3.05) is 34.2 Å². The standard InChI is InChI=1S/C11H22N2O5/c1-13(2,3)7-9(5-10(15)16)18-11(17)4-8(14)6-12/h8-9,14H,4-7,12H2,1-3H3. The molecule has 0 amide bonds. The summed E-state index contributed by atoms with van der Waals surface area (Å²) in [7, 11) is 5.56. The minimum atomic E-state index is -1.28. The highest BCUT2D eigenvalue weighted by molar-refractivity contribution is 5.71. The van der Waals surface area contributed by atoms with Crippen LogP contribution in [0.4, 0.5) is 0 Å². The van der Waals surface area contributed by atoms with Crippen molar-refractivity contribution in [3.05, 3.63) is 0 Å². The summed E-state index contributed by atoms with van der Waals surface area (Å²) in [5, 5.41) is 19.8. The summed E-state index contributed by atoms with van der Waals surface area (Å²) in [5.74, 6) is -1.94. The number of esters is 1. The van der Waals surface area contributed by atoms with Crippen molar-refractivity contribution in [1.29, 1.82) is 0 Å². The lowest BCUT2D eigenvalue weighted by Crippen LogP contribution is -2.45. The third-order valence-electron chi connectivity index (χ3n) is 2.12. The van der Waals surface area contributed by atoms with Gasteiger partial charge in [0.1, 0.15) is 6.54 Å². The number of nitrogens with two attached hydrogens (primary N) is 1. The molecule has 0 bridgehead atoms. The number of nitrogens with zero attached hydrogens (tertiary/aromatic N) is 1. The summed E-state index contributed by atoms with van der Waals surface area (Å²) in [6, 6.07) is 0. The van der Waals surface area contributed by atoms with Gasteiger partial charge in [-0.2, -0.15) is 0 Å². The lowest BCUT2D eigenvalue weighted by molar-refractivity contribution is -0.873. The summed E-state index contributed by atoms with van der Waals surface area (Å²) < 4.78 is 5.47. The quantitative estimate of drug-likeness (QED) is 0.368. The van der Waals surface area contributed by atoms with Crippen LogP contribution in [0.5, 0.6) is 0 Å². The van der Waals surface area contributed by atoms with Crippen LogP contribution in [-0.4, -0.2) is 68.0 Å². The first kappa shape index (κ1) is 16.8. The monoisotopic (exact) mass is 262 g/mol. The van der Waals surface area contributed by atoms with Crippen LogP contribution in [0.25, 0.3) is 0 Å². The Hall–Kier alpha value is -1.18. The number of carbonyl (C=O) groups is 2. The van der Waals surface area contributed by atoms with Gasteiger partial charge in [-0.05, 0) is 0 Å². The molecule has 7 heteroatoms. The van der Waals surface area contributed by atoms with E-state index in [1.54, 1.807) is 0 Å². The molecule has 0 aliphatic carbocycles. The van der Waals surface area contributed by atoms with Crippen molar-refractivity contribution in [3.63, 3.8) is 0 Å². The topological polar surface area (TPSA) is 113 Å². The Morgan fingerprint density at radius 3 is 2.28 bits per heavy atom. The van der Waals surface area contributed by atoms with Crippen molar-refractivity contribution < 1.29 is 29.0 Å². The molecular weight excluding hydrogens is 240 g/mol. The minimum Gasteiger partial charge on any atom is -0.550 e. The fraction of sp³-hybridized carbons (Fsp3) is 0.818. The summed E-state index contributed by atoms with van der Waals surface area (Å²) in [6.45, 7) is 0.300. The van der Waals surface area contributed by atoms with Crippen LogP contribution in [0.2, 0.25) is 0 Å². The van der Waals surface area contributed by atoms with E-state index in [0.29, 0.717) is 11.0 Å². The van der Waals surface area contributed by atoms with Gasteiger partial charge in [0, 0.05) is 18.9 Å². The van der Waals surface area contributed by atoms with Crippen LogP contribution in [0.1, 0.15) is 12.8 Å². The fourth-order valence-electron chi connectivity index (χ4n) is 1.45. The van der Waals surface area contributed by atoms with Gasteiger partial charge in [-0.15, -0.1) is 0 Å². The number of hydrogen-bond acceptors (Lipinski definition) is 6. The number of hydrogen-bond donors (Lipinski definition) is 2. The highest BCUT2D eigenvalue weighted by atomic mass is 16.5. The van der Waals surface area contributed by atoms with Crippen LogP contribution >= 0.6 is 0 Å². The van der Waals surface area contributed by atoms with Crippen molar-refractivity contribution in [2.24, 2.45) is 5.73 Å². The number of quaternary nitrogens is 1. The number of likely N-dealkylation sites (N-methyl/N-ethyl adjacent to an activating group) is 1. The van der Waals surface area contributed by atoms with E-state index in [9.17, 15) is 19.8 Å². The molecule has 0 saturated heterocycles. The van der Waals surface area contributed by atoms with E-state index in [4.69, 9.17) is 10.5 Å². The third kappa shape index (κ3) is 8.91. The first-order chi connectivity index (χ1) is 8.14. The zero-order valence-corrected chi connectivity index (χ0v) is 11.1. The Labute approximate surface area is 107 Å². The van der Waals surface area contributed by atoms with Crippen LogP contribution < -0.4 is 10.8 Å². The molecule has 2 atom stereocenters. The average molecular weight is 262 g/mol. The Kier molecular flexibility index (Phi) is 6.82. The predicted octanol–water partition coefficient (Wildman–Crippen LogP) is -2.55. The second-order valence-electron chi connectivity index (χ2n) is 5.25. The molecule has 106 valence electrons. The number of aliphatic carboxylic acids is 1. The lowest BCUT2D eigenvalue weighted by Gasteiger charge is -2.29. The van der Waals surface area contributed by atoms with Crippen LogP contribution in [-0.2, 0) is 14.3 Å². The molecule has 0 heterocycles. The minimum absolute atomic E-state index is 0.0460. The maximum Gasteiger partial charge on any atom is 0.308 e. The molecule has 0 aliphatic rings. The van der Waals surface area contributed by atoms with E-state index in [-0.39, 0.29) is 19.4 Å². The smallest absolute Gasteiger partial charge is 0.308 e. The maximum absolute atomic E-state index is 11.4. The van der Waals surface area contributed by atoms with Crippen molar-refractivity contribution in [3.8, 4) is 0 Å². The normalized spacial score (nSPS) is 14.9. The van der Waals surface area contributed by atoms with Crippen LogP contribution in [0.15, 0.2) is 0 Å². The van der Waals surface area contributed by atoms with E-state index in [2.05, 4.69) is 0 Å². The number of carboxylic acids is 1. The van der Waals surface area contributed by atoms with Gasteiger partial charge in [-0.3, -0.25) is 4.79 Å². The van der Waals surface area contributed by atoms with Gasteiger partial charge >= 0.3 is 5.97 Å². The van der Waals surface area contributed by atoms with Gasteiger partial charge in [-0.1, -0.05) is 0 Å². The maximum atomic E-state index is 11.4. The molecule has 0 radical (unpaired) electrons. The SMILES string of the molecule is C[N+](C)(C)CC(CC(=O)[O-])OC(=O)CC(O)CN. The Morgan fingerprint density at radius 2 is 1.89 bits per heavy atom. The van der Waals surface area contributed by atoms with Crippen molar-refractivity contribution in [1.82, 2.24) is 0 Å². The van der Waals surface area contributed by atoms with Gasteiger partial charge in [0.25, 0.3) is 0 Å². The Bertz CT molecular complexity index is 288. The molecule has 0 aliphatic heterocycles. The number of carboxylic acid groups (broad SMARTS) is 1. The Morgan fingerprint density at radius 1 is 1.33 bits per heavy atom. The van der Waals surface area contributed by atoms with Gasteiger partial charge in [0.05, 0.1) is 33.7 Å². The van der Waals surface area contributed by atoms with E-state index >= 15 is 0 Å². The number of carbonyl (C=O) groups excluding carboxylic acids is 2. The summed E-state index contributed by atoms with van der Waals surface area (Å²) in [6.07, 6.45) is -2.34. The molecule has 0 aromatic rings. The molecule has 0 rings (SSSR count). The van der Waals surface area contributed by atoms with Gasteiger partial charge in [-0.25, -0.2) is 0 Å². The second-order valence-corrected chi connectivity index (χ2v) is 5.25. The van der Waals surface area contributed by atoms with E-state index in [0.717, 1.165) is 0 Å². The van der Waals surface area contributed by atoms with Crippen LogP contribution in [0, 0.1) is 0 Å². The van der Waals surface area contributed by atoms with E-state index < -0.39 is 24.1 Å². The van der Waals surface area contributed by atoms with Crippen molar-refractivity contribution >= 4 is 11.9 Å². The van der Waals surface area contributed by atoms with Gasteiger partial charge < -0.3 is 30.0 Å². The molecule has 0 aromatic heterocycles. The fourth-order valence-corrected chi connectivity index (χ4v) is 1.45. The summed E-state index contributed by atoms with van der Waals surface area (Å²) >= 11 is 0. The number of ether oxygens (including phenoxy) is 1. The predicted molar refractivity (Wildman–Crippen MR) is 62.1 cm³/mol. The number of rotatable bonds is 8. The first-order valence-corrected chi connectivity index (χ1v) is 5.72. The molecule has 0 saturated carbocycles. The molecule has 0 spiro atoms. The number of aliphatic hydroxyl groups is 1. The lowest BCUT2D eigenvalue weighted by atomic mass is 10.2. The second kappa shape index (κ2) is 7.30. The zero-order valence-electron chi connectivity index (χ0n) is 11.1. The van der Waals surface area contributed by atoms with Crippen LogP contribution in [0.3, 0.4) is 0 Å². The number of aliphatic hydroxyl groups excluding tert-OH is 1. The summed E-state index contributed by atoms with van der Waals surface area (Å²) in [4.78, 5) is 22.0. The average Bonchev–Trinajstić information content (AvgIpc) is 2.12. The molecule has 18 heavy (non-hydrogen) atoms. The largest absolute Gasteiger partial charge is 0.550 e.